The van der Waals surface area contributed by atoms with Crippen LogP contribution >= 0.6 is 0 Å². The van der Waals surface area contributed by atoms with Gasteiger partial charge < -0.3 is 5.32 Å². The van der Waals surface area contributed by atoms with Gasteiger partial charge in [-0.1, -0.05) is 12.1 Å². The van der Waals surface area contributed by atoms with Gasteiger partial charge >= 0.3 is 0 Å². The normalized spacial score (nSPS) is 9.90. The molecule has 0 amide bonds. The Kier molecular flexibility index (Phi) is 4.46. The summed E-state index contributed by atoms with van der Waals surface area (Å²) in [6.45, 7) is 0.274. The van der Waals surface area contributed by atoms with E-state index in [1.165, 1.54) is 12.1 Å². The lowest BCUT2D eigenvalue weighted by atomic mass is 10.1. The summed E-state index contributed by atoms with van der Waals surface area (Å²) in [5.41, 5.74) is 1.92. The minimum Gasteiger partial charge on any atom is -0.381 e. The molecule has 0 saturated heterocycles. The number of benzene rings is 2. The highest BCUT2D eigenvalue weighted by Crippen LogP contribution is 2.18. The Morgan fingerprint density at radius 2 is 1.90 bits per heavy atom. The fourth-order valence-electron chi connectivity index (χ4n) is 1.88. The third kappa shape index (κ3) is 4.01. The van der Waals surface area contributed by atoms with Gasteiger partial charge in [-0.15, -0.1) is 0 Å². The zero-order valence-electron chi connectivity index (χ0n) is 11.0. The largest absolute Gasteiger partial charge is 0.381 e. The molecule has 0 fully saturated rings. The predicted octanol–water partition coefficient (Wildman–Crippen LogP) is 3.41. The van der Waals surface area contributed by atoms with E-state index in [9.17, 15) is 14.5 Å². The number of nitriles is 1. The lowest BCUT2D eigenvalue weighted by Gasteiger charge is -2.07. The Hall–Kier alpha value is -2.94. The lowest BCUT2D eigenvalue weighted by molar-refractivity contribution is -0.385. The van der Waals surface area contributed by atoms with Crippen molar-refractivity contribution >= 4 is 11.4 Å². The first kappa shape index (κ1) is 14.5. The molecule has 2 aromatic rings. The van der Waals surface area contributed by atoms with E-state index in [-0.39, 0.29) is 12.2 Å². The van der Waals surface area contributed by atoms with Crippen molar-refractivity contribution in [1.82, 2.24) is 0 Å². The average molecular weight is 285 g/mol. The first-order chi connectivity index (χ1) is 10.1. The summed E-state index contributed by atoms with van der Waals surface area (Å²) in [5, 5.41) is 22.3. The van der Waals surface area contributed by atoms with E-state index < -0.39 is 10.7 Å². The molecule has 0 heterocycles. The number of nitro groups is 1. The number of nitrogens with one attached hydrogen (secondary N) is 1. The number of halogens is 1. The van der Waals surface area contributed by atoms with Gasteiger partial charge in [0, 0.05) is 18.3 Å². The minimum absolute atomic E-state index is 0.267. The molecule has 0 saturated carbocycles. The van der Waals surface area contributed by atoms with Gasteiger partial charge in [-0.3, -0.25) is 10.1 Å². The Balaban J connectivity index is 2.06. The second-order valence-corrected chi connectivity index (χ2v) is 4.46. The summed E-state index contributed by atoms with van der Waals surface area (Å²) in [6, 6.07) is 12.8. The Morgan fingerprint density at radius 3 is 2.52 bits per heavy atom. The summed E-state index contributed by atoms with van der Waals surface area (Å²) in [4.78, 5) is 10.0. The number of nitrogens with zero attached hydrogens (tertiary/aromatic N) is 2. The van der Waals surface area contributed by atoms with Crippen LogP contribution in [0.15, 0.2) is 42.5 Å². The van der Waals surface area contributed by atoms with Crippen LogP contribution in [0.2, 0.25) is 0 Å². The van der Waals surface area contributed by atoms with Crippen LogP contribution in [-0.2, 0) is 13.0 Å². The van der Waals surface area contributed by atoms with Crippen molar-refractivity contribution in [3.05, 3.63) is 69.5 Å². The lowest BCUT2D eigenvalue weighted by Crippen LogP contribution is -2.01. The number of nitro benzene ring substituents is 1. The highest BCUT2D eigenvalue weighted by molar-refractivity contribution is 5.46. The maximum atomic E-state index is 13.3. The molecule has 0 aliphatic heterocycles. The molecule has 106 valence electrons. The van der Waals surface area contributed by atoms with Crippen LogP contribution in [0.25, 0.3) is 0 Å². The van der Waals surface area contributed by atoms with Gasteiger partial charge in [-0.05, 0) is 29.3 Å². The molecule has 2 aromatic carbocycles. The molecule has 0 aliphatic rings. The molecule has 5 nitrogen and oxygen atoms in total. The van der Waals surface area contributed by atoms with Gasteiger partial charge in [-0.2, -0.15) is 5.26 Å². The second kappa shape index (κ2) is 6.48. The second-order valence-electron chi connectivity index (χ2n) is 4.46. The first-order valence-corrected chi connectivity index (χ1v) is 6.22. The molecule has 0 spiro atoms. The van der Waals surface area contributed by atoms with Crippen molar-refractivity contribution < 1.29 is 9.31 Å². The van der Waals surface area contributed by atoms with Crippen LogP contribution in [0.4, 0.5) is 15.8 Å². The summed E-state index contributed by atoms with van der Waals surface area (Å²) < 4.78 is 13.3. The summed E-state index contributed by atoms with van der Waals surface area (Å²) in [5.74, 6) is -0.634. The van der Waals surface area contributed by atoms with Crippen molar-refractivity contribution in [2.75, 3.05) is 5.32 Å². The van der Waals surface area contributed by atoms with Gasteiger partial charge in [0.15, 0.2) is 0 Å². The Labute approximate surface area is 120 Å². The highest BCUT2D eigenvalue weighted by Gasteiger charge is 2.09. The van der Waals surface area contributed by atoms with Gasteiger partial charge in [0.1, 0.15) is 5.82 Å². The van der Waals surface area contributed by atoms with Crippen molar-refractivity contribution in [3.63, 3.8) is 0 Å². The SMILES string of the molecule is N#CCc1ccc(NCc2cc(F)cc([N+](=O)[O-])c2)cc1. The predicted molar refractivity (Wildman–Crippen MR) is 76.1 cm³/mol. The minimum atomic E-state index is -0.634. The molecule has 0 radical (unpaired) electrons. The molecule has 1 N–H and O–H groups in total. The van der Waals surface area contributed by atoms with Gasteiger partial charge in [0.2, 0.25) is 0 Å². The van der Waals surface area contributed by atoms with E-state index in [0.717, 1.165) is 17.3 Å². The molecule has 0 unspecified atom stereocenters. The number of rotatable bonds is 5. The van der Waals surface area contributed by atoms with Gasteiger partial charge in [0.25, 0.3) is 5.69 Å². The smallest absolute Gasteiger partial charge is 0.272 e. The number of hydrogen-bond acceptors (Lipinski definition) is 4. The van der Waals surface area contributed by atoms with E-state index in [1.807, 2.05) is 12.1 Å². The van der Waals surface area contributed by atoms with E-state index in [4.69, 9.17) is 5.26 Å². The summed E-state index contributed by atoms with van der Waals surface area (Å²) >= 11 is 0. The number of hydrogen-bond donors (Lipinski definition) is 1. The average Bonchev–Trinajstić information content (AvgIpc) is 2.46. The van der Waals surface area contributed by atoms with Crippen LogP contribution in [0, 0.1) is 27.3 Å². The molecule has 0 aliphatic carbocycles. The third-order valence-electron chi connectivity index (χ3n) is 2.89. The van der Waals surface area contributed by atoms with Crippen LogP contribution in [0.1, 0.15) is 11.1 Å². The highest BCUT2D eigenvalue weighted by atomic mass is 19.1. The van der Waals surface area contributed by atoms with Crippen LogP contribution in [-0.4, -0.2) is 4.92 Å². The molecule has 0 bridgehead atoms. The number of non-ortho nitro benzene ring substituents is 1. The fourth-order valence-corrected chi connectivity index (χ4v) is 1.88. The molecular weight excluding hydrogens is 273 g/mol. The van der Waals surface area contributed by atoms with E-state index in [0.29, 0.717) is 12.0 Å². The summed E-state index contributed by atoms with van der Waals surface area (Å²) in [7, 11) is 0. The maximum absolute atomic E-state index is 13.3. The van der Waals surface area contributed by atoms with Crippen molar-refractivity contribution in [1.29, 1.82) is 5.26 Å². The van der Waals surface area contributed by atoms with E-state index in [2.05, 4.69) is 11.4 Å². The summed E-state index contributed by atoms with van der Waals surface area (Å²) in [6.07, 6.45) is 0.344. The monoisotopic (exact) mass is 285 g/mol. The topological polar surface area (TPSA) is 79.0 Å². The quantitative estimate of drug-likeness (QED) is 0.674. The molecule has 0 atom stereocenters. The van der Waals surface area contributed by atoms with Crippen LogP contribution in [0.3, 0.4) is 0 Å². The molecule has 0 aromatic heterocycles. The number of anilines is 1. The Morgan fingerprint density at radius 1 is 1.19 bits per heavy atom. The van der Waals surface area contributed by atoms with E-state index >= 15 is 0 Å². The molecule has 21 heavy (non-hydrogen) atoms. The molecule has 2 rings (SSSR count). The van der Waals surface area contributed by atoms with Crippen molar-refractivity contribution in [3.8, 4) is 6.07 Å². The standard InChI is InChI=1S/C15H12FN3O2/c16-13-7-12(8-15(9-13)19(20)21)10-18-14-3-1-11(2-4-14)5-6-17/h1-4,7-9,18H,5,10H2. The first-order valence-electron chi connectivity index (χ1n) is 6.22. The van der Waals surface area contributed by atoms with Crippen molar-refractivity contribution in [2.24, 2.45) is 0 Å². The van der Waals surface area contributed by atoms with E-state index in [1.54, 1.807) is 12.1 Å². The molecule has 6 heteroatoms. The van der Waals surface area contributed by atoms with Crippen LogP contribution in [0.5, 0.6) is 0 Å². The zero-order valence-corrected chi connectivity index (χ0v) is 11.0. The fraction of sp³-hybridized carbons (Fsp3) is 0.133. The van der Waals surface area contributed by atoms with Gasteiger partial charge in [0.05, 0.1) is 23.5 Å². The maximum Gasteiger partial charge on any atom is 0.272 e. The van der Waals surface area contributed by atoms with Gasteiger partial charge in [-0.25, -0.2) is 4.39 Å². The molecular formula is C15H12FN3O2. The van der Waals surface area contributed by atoms with Crippen LogP contribution < -0.4 is 5.32 Å². The van der Waals surface area contributed by atoms with Crippen molar-refractivity contribution in [2.45, 2.75) is 13.0 Å². The Bertz CT molecular complexity index is 693. The third-order valence-corrected chi connectivity index (χ3v) is 2.89. The zero-order chi connectivity index (χ0) is 15.2.